The molecule has 2 heteroatoms. The highest BCUT2D eigenvalue weighted by atomic mass is 16.2. The molecule has 0 heterocycles. The number of hydrogen-bond acceptors (Lipinski definition) is 1. The van der Waals surface area contributed by atoms with Crippen molar-refractivity contribution in [2.45, 2.75) is 97.3 Å². The molecule has 0 radical (unpaired) electrons. The molecule has 26 heavy (non-hydrogen) atoms. The number of aryl methyl sites for hydroxylation is 1. The molecule has 2 nitrogen and oxygen atoms in total. The van der Waals surface area contributed by atoms with Crippen molar-refractivity contribution in [1.29, 1.82) is 0 Å². The summed E-state index contributed by atoms with van der Waals surface area (Å²) in [4.78, 5) is 14.9. The van der Waals surface area contributed by atoms with E-state index in [-0.39, 0.29) is 0 Å². The Morgan fingerprint density at radius 3 is 1.77 bits per heavy atom. The Balaban J connectivity index is 2.35. The molecule has 0 aliphatic carbocycles. The fourth-order valence-electron chi connectivity index (χ4n) is 3.40. The monoisotopic (exact) mass is 359 g/mol. The van der Waals surface area contributed by atoms with Crippen molar-refractivity contribution in [3.8, 4) is 0 Å². The van der Waals surface area contributed by atoms with Crippen LogP contribution < -0.4 is 0 Å². The summed E-state index contributed by atoms with van der Waals surface area (Å²) in [5.41, 5.74) is 1.27. The highest BCUT2D eigenvalue weighted by Crippen LogP contribution is 2.11. The number of carbonyl (C=O) groups is 1. The molecule has 0 saturated heterocycles. The Labute approximate surface area is 162 Å². The summed E-state index contributed by atoms with van der Waals surface area (Å²) < 4.78 is 0. The van der Waals surface area contributed by atoms with Crippen LogP contribution in [0.2, 0.25) is 0 Å². The van der Waals surface area contributed by atoms with Gasteiger partial charge in [-0.2, -0.15) is 0 Å². The van der Waals surface area contributed by atoms with Gasteiger partial charge in [-0.15, -0.1) is 0 Å². The van der Waals surface area contributed by atoms with Crippen LogP contribution in [0, 0.1) is 0 Å². The van der Waals surface area contributed by atoms with Gasteiger partial charge in [0.25, 0.3) is 0 Å². The average Bonchev–Trinajstić information content (AvgIpc) is 2.67. The molecule has 0 fully saturated rings. The van der Waals surface area contributed by atoms with E-state index in [2.05, 4.69) is 43.0 Å². The van der Waals surface area contributed by atoms with Crippen LogP contribution in [0.25, 0.3) is 0 Å². The van der Waals surface area contributed by atoms with E-state index in [1.54, 1.807) is 0 Å². The Kier molecular flexibility index (Phi) is 13.9. The summed E-state index contributed by atoms with van der Waals surface area (Å²) in [6.45, 7) is 6.41. The molecular formula is C24H41NO. The predicted molar refractivity (Wildman–Crippen MR) is 113 cm³/mol. The van der Waals surface area contributed by atoms with E-state index >= 15 is 0 Å². The molecule has 0 aliphatic heterocycles. The fraction of sp³-hybridized carbons (Fsp3) is 0.708. The number of amides is 1. The van der Waals surface area contributed by atoms with Crippen molar-refractivity contribution in [2.24, 2.45) is 0 Å². The number of benzene rings is 1. The fourth-order valence-corrected chi connectivity index (χ4v) is 3.40. The summed E-state index contributed by atoms with van der Waals surface area (Å²) in [5.74, 6) is 0.345. The number of hydrogen-bond donors (Lipinski definition) is 0. The number of rotatable bonds is 16. The quantitative estimate of drug-likeness (QED) is 0.298. The van der Waals surface area contributed by atoms with Crippen LogP contribution in [0.4, 0.5) is 0 Å². The second kappa shape index (κ2) is 15.9. The molecule has 1 aromatic carbocycles. The van der Waals surface area contributed by atoms with Gasteiger partial charge in [-0.25, -0.2) is 0 Å². The minimum absolute atomic E-state index is 0.345. The number of unbranched alkanes of at least 4 members (excludes halogenated alkanes) is 9. The standard InChI is InChI=1S/C24H41NO/c1-3-5-7-9-11-16-22-25(21-15-10-8-6-4-2)24(26)20-19-23-17-13-12-14-18-23/h12-14,17-18H,3-11,15-16,19-22H2,1-2H3. The van der Waals surface area contributed by atoms with Gasteiger partial charge in [-0.3, -0.25) is 4.79 Å². The van der Waals surface area contributed by atoms with Crippen molar-refractivity contribution >= 4 is 5.91 Å². The van der Waals surface area contributed by atoms with Gasteiger partial charge < -0.3 is 4.90 Å². The Hall–Kier alpha value is -1.31. The second-order valence-corrected chi connectivity index (χ2v) is 7.55. The minimum Gasteiger partial charge on any atom is -0.343 e. The molecule has 0 bridgehead atoms. The zero-order valence-corrected chi connectivity index (χ0v) is 17.3. The van der Waals surface area contributed by atoms with Gasteiger partial charge in [0.1, 0.15) is 0 Å². The Morgan fingerprint density at radius 2 is 1.23 bits per heavy atom. The Bertz CT molecular complexity index is 443. The summed E-state index contributed by atoms with van der Waals surface area (Å²) in [5, 5.41) is 0. The lowest BCUT2D eigenvalue weighted by molar-refractivity contribution is -0.131. The van der Waals surface area contributed by atoms with Crippen LogP contribution >= 0.6 is 0 Å². The highest BCUT2D eigenvalue weighted by molar-refractivity contribution is 5.76. The number of carbonyl (C=O) groups excluding carboxylic acids is 1. The van der Waals surface area contributed by atoms with E-state index in [9.17, 15) is 4.79 Å². The van der Waals surface area contributed by atoms with Crippen LogP contribution in [-0.4, -0.2) is 23.9 Å². The topological polar surface area (TPSA) is 20.3 Å². The molecule has 0 unspecified atom stereocenters. The SMILES string of the molecule is CCCCCCCCN(CCCCCCC)C(=O)CCc1ccccc1. The van der Waals surface area contributed by atoms with Crippen molar-refractivity contribution in [2.75, 3.05) is 13.1 Å². The van der Waals surface area contributed by atoms with E-state index in [0.717, 1.165) is 32.4 Å². The molecule has 0 aromatic heterocycles. The van der Waals surface area contributed by atoms with E-state index in [1.165, 1.54) is 63.4 Å². The third kappa shape index (κ3) is 11.3. The zero-order valence-electron chi connectivity index (χ0n) is 17.3. The van der Waals surface area contributed by atoms with Crippen LogP contribution in [0.1, 0.15) is 96.5 Å². The summed E-state index contributed by atoms with van der Waals surface area (Å²) in [6, 6.07) is 10.4. The van der Waals surface area contributed by atoms with Gasteiger partial charge >= 0.3 is 0 Å². The molecule has 148 valence electrons. The maximum atomic E-state index is 12.7. The first-order valence-electron chi connectivity index (χ1n) is 11.1. The lowest BCUT2D eigenvalue weighted by Crippen LogP contribution is -2.33. The lowest BCUT2D eigenvalue weighted by Gasteiger charge is -2.23. The van der Waals surface area contributed by atoms with Crippen molar-refractivity contribution in [1.82, 2.24) is 4.90 Å². The van der Waals surface area contributed by atoms with Gasteiger partial charge in [0.2, 0.25) is 5.91 Å². The summed E-state index contributed by atoms with van der Waals surface area (Å²) >= 11 is 0. The second-order valence-electron chi connectivity index (χ2n) is 7.55. The normalized spacial score (nSPS) is 10.8. The average molecular weight is 360 g/mol. The largest absolute Gasteiger partial charge is 0.343 e. The lowest BCUT2D eigenvalue weighted by atomic mass is 10.1. The van der Waals surface area contributed by atoms with Gasteiger partial charge in [0, 0.05) is 19.5 Å². The minimum atomic E-state index is 0.345. The van der Waals surface area contributed by atoms with Crippen LogP contribution in [0.3, 0.4) is 0 Å². The van der Waals surface area contributed by atoms with Gasteiger partial charge in [-0.05, 0) is 24.8 Å². The third-order valence-electron chi connectivity index (χ3n) is 5.14. The molecule has 0 atom stereocenters. The highest BCUT2D eigenvalue weighted by Gasteiger charge is 2.12. The van der Waals surface area contributed by atoms with Crippen molar-refractivity contribution in [3.63, 3.8) is 0 Å². The van der Waals surface area contributed by atoms with Gasteiger partial charge in [0.05, 0.1) is 0 Å². The van der Waals surface area contributed by atoms with E-state index in [4.69, 9.17) is 0 Å². The summed E-state index contributed by atoms with van der Waals surface area (Å²) in [7, 11) is 0. The molecule has 0 N–H and O–H groups in total. The van der Waals surface area contributed by atoms with E-state index < -0.39 is 0 Å². The molecule has 1 aromatic rings. The molecule has 1 amide bonds. The maximum Gasteiger partial charge on any atom is 0.222 e. The van der Waals surface area contributed by atoms with Crippen molar-refractivity contribution in [3.05, 3.63) is 35.9 Å². The number of nitrogens with zero attached hydrogens (tertiary/aromatic N) is 1. The molecule has 0 spiro atoms. The maximum absolute atomic E-state index is 12.7. The van der Waals surface area contributed by atoms with Crippen LogP contribution in [0.15, 0.2) is 30.3 Å². The van der Waals surface area contributed by atoms with Gasteiger partial charge in [-0.1, -0.05) is 102 Å². The van der Waals surface area contributed by atoms with Crippen LogP contribution in [-0.2, 0) is 11.2 Å². The molecule has 1 rings (SSSR count). The summed E-state index contributed by atoms with van der Waals surface area (Å²) in [6.07, 6.45) is 15.5. The zero-order chi connectivity index (χ0) is 18.9. The first kappa shape index (κ1) is 22.7. The molecular weight excluding hydrogens is 318 g/mol. The predicted octanol–water partition coefficient (Wildman–Crippen LogP) is 6.78. The molecule has 0 saturated carbocycles. The first-order chi connectivity index (χ1) is 12.8. The Morgan fingerprint density at radius 1 is 0.731 bits per heavy atom. The smallest absolute Gasteiger partial charge is 0.222 e. The van der Waals surface area contributed by atoms with E-state index in [0.29, 0.717) is 12.3 Å². The molecule has 0 aliphatic rings. The van der Waals surface area contributed by atoms with Gasteiger partial charge in [0.15, 0.2) is 0 Å². The first-order valence-corrected chi connectivity index (χ1v) is 11.1. The third-order valence-corrected chi connectivity index (χ3v) is 5.14. The van der Waals surface area contributed by atoms with E-state index in [1.807, 2.05) is 6.07 Å². The van der Waals surface area contributed by atoms with Crippen molar-refractivity contribution < 1.29 is 4.79 Å². The van der Waals surface area contributed by atoms with Crippen LogP contribution in [0.5, 0.6) is 0 Å².